The maximum absolute atomic E-state index is 13.0. The highest BCUT2D eigenvalue weighted by Crippen LogP contribution is 2.23. The molecule has 3 aromatic carbocycles. The molecular weight excluding hydrogens is 406 g/mol. The Balaban J connectivity index is 1.59. The third-order valence-corrected chi connectivity index (χ3v) is 6.84. The van der Waals surface area contributed by atoms with Gasteiger partial charge in [0, 0.05) is 18.0 Å². The van der Waals surface area contributed by atoms with E-state index in [9.17, 15) is 8.42 Å². The molecule has 0 aliphatic carbocycles. The van der Waals surface area contributed by atoms with Crippen LogP contribution in [0.5, 0.6) is 0 Å². The highest BCUT2D eigenvalue weighted by molar-refractivity contribution is 7.90. The molecule has 0 saturated carbocycles. The number of hydrogen-bond donors (Lipinski definition) is 0. The van der Waals surface area contributed by atoms with Crippen LogP contribution in [0.2, 0.25) is 0 Å². The van der Waals surface area contributed by atoms with Crippen LogP contribution in [-0.2, 0) is 22.0 Å². The molecule has 5 nitrogen and oxygen atoms in total. The summed E-state index contributed by atoms with van der Waals surface area (Å²) in [6.45, 7) is 0. The summed E-state index contributed by atoms with van der Waals surface area (Å²) in [6.07, 6.45) is 2.26. The Morgan fingerprint density at radius 2 is 1.39 bits per heavy atom. The van der Waals surface area contributed by atoms with Crippen LogP contribution < -0.4 is 0 Å². The fourth-order valence-electron chi connectivity index (χ4n) is 3.65. The van der Waals surface area contributed by atoms with E-state index in [4.69, 9.17) is 9.97 Å². The molecule has 0 N–H and O–H groups in total. The van der Waals surface area contributed by atoms with Gasteiger partial charge in [-0.15, -0.1) is 0 Å². The summed E-state index contributed by atoms with van der Waals surface area (Å²) in [5.41, 5.74) is 4.54. The Morgan fingerprint density at radius 3 is 2.16 bits per heavy atom. The monoisotopic (exact) mass is 425 g/mol. The molecule has 0 unspecified atom stereocenters. The number of fused-ring (bicyclic) bond motifs is 2. The number of rotatable bonds is 5. The van der Waals surface area contributed by atoms with Gasteiger partial charge in [-0.2, -0.15) is 0 Å². The molecule has 2 aromatic heterocycles. The van der Waals surface area contributed by atoms with Gasteiger partial charge in [-0.25, -0.2) is 18.4 Å². The standard InChI is InChI=1S/C25H19N3O2S/c29-31(30,20-8-2-1-3-9-20)17-25-24(27-22-10-4-5-11-23(22)28-25)16-18-12-13-21-19(15-18)7-6-14-26-21/h1-15H,16-17H2. The summed E-state index contributed by atoms with van der Waals surface area (Å²) < 4.78 is 26.1. The van der Waals surface area contributed by atoms with E-state index in [1.54, 1.807) is 36.5 Å². The molecule has 2 heterocycles. The molecule has 0 saturated heterocycles. The zero-order valence-corrected chi connectivity index (χ0v) is 17.5. The minimum atomic E-state index is -3.54. The van der Waals surface area contributed by atoms with Gasteiger partial charge in [-0.3, -0.25) is 4.98 Å². The van der Waals surface area contributed by atoms with Gasteiger partial charge in [0.2, 0.25) is 0 Å². The van der Waals surface area contributed by atoms with Crippen LogP contribution in [0.25, 0.3) is 21.9 Å². The van der Waals surface area contributed by atoms with E-state index >= 15 is 0 Å². The molecule has 0 aliphatic rings. The van der Waals surface area contributed by atoms with Crippen LogP contribution in [-0.4, -0.2) is 23.4 Å². The molecule has 0 atom stereocenters. The van der Waals surface area contributed by atoms with Crippen LogP contribution in [0.3, 0.4) is 0 Å². The topological polar surface area (TPSA) is 72.8 Å². The molecule has 0 amide bonds. The van der Waals surface area contributed by atoms with Gasteiger partial charge in [-0.1, -0.05) is 42.5 Å². The van der Waals surface area contributed by atoms with Crippen molar-refractivity contribution in [3.8, 4) is 0 Å². The number of benzene rings is 3. The second kappa shape index (κ2) is 7.89. The van der Waals surface area contributed by atoms with Crippen molar-refractivity contribution >= 4 is 31.8 Å². The predicted octanol–water partition coefficient (Wildman–Crippen LogP) is 4.74. The van der Waals surface area contributed by atoms with Crippen LogP contribution >= 0.6 is 0 Å². The first-order valence-corrected chi connectivity index (χ1v) is 11.6. The quantitative estimate of drug-likeness (QED) is 0.407. The lowest BCUT2D eigenvalue weighted by molar-refractivity contribution is 0.594. The maximum Gasteiger partial charge on any atom is 0.184 e. The average molecular weight is 426 g/mol. The normalized spacial score (nSPS) is 11.7. The Kier molecular flexibility index (Phi) is 4.92. The lowest BCUT2D eigenvalue weighted by Gasteiger charge is -2.11. The van der Waals surface area contributed by atoms with Gasteiger partial charge in [0.05, 0.1) is 38.6 Å². The third kappa shape index (κ3) is 4.02. The number of nitrogens with zero attached hydrogens (tertiary/aromatic N) is 3. The van der Waals surface area contributed by atoms with Crippen molar-refractivity contribution in [3.05, 3.63) is 108 Å². The van der Waals surface area contributed by atoms with Crippen molar-refractivity contribution in [1.29, 1.82) is 0 Å². The lowest BCUT2D eigenvalue weighted by atomic mass is 10.1. The second-order valence-electron chi connectivity index (χ2n) is 7.39. The average Bonchev–Trinajstić information content (AvgIpc) is 2.80. The largest absolute Gasteiger partial charge is 0.256 e. The molecule has 0 spiro atoms. The van der Waals surface area contributed by atoms with Crippen LogP contribution in [0.1, 0.15) is 17.0 Å². The van der Waals surface area contributed by atoms with Crippen LogP contribution in [0, 0.1) is 0 Å². The summed E-state index contributed by atoms with van der Waals surface area (Å²) in [5.74, 6) is -0.195. The molecule has 6 heteroatoms. The van der Waals surface area contributed by atoms with E-state index in [1.807, 2.05) is 48.5 Å². The number of aromatic nitrogens is 3. The SMILES string of the molecule is O=S(=O)(Cc1nc2ccccc2nc1Cc1ccc2ncccc2c1)c1ccccc1. The predicted molar refractivity (Wildman–Crippen MR) is 121 cm³/mol. The van der Waals surface area contributed by atoms with E-state index < -0.39 is 9.84 Å². The fourth-order valence-corrected chi connectivity index (χ4v) is 4.98. The molecule has 0 aliphatic heterocycles. The summed E-state index contributed by atoms with van der Waals surface area (Å²) in [4.78, 5) is 14.1. The van der Waals surface area contributed by atoms with Crippen molar-refractivity contribution in [1.82, 2.24) is 15.0 Å². The zero-order chi connectivity index (χ0) is 21.3. The van der Waals surface area contributed by atoms with Crippen molar-refractivity contribution in [2.75, 3.05) is 0 Å². The molecule has 5 rings (SSSR count). The number of hydrogen-bond acceptors (Lipinski definition) is 5. The first kappa shape index (κ1) is 19.3. The van der Waals surface area contributed by atoms with E-state index in [0.29, 0.717) is 23.3 Å². The minimum Gasteiger partial charge on any atom is -0.256 e. The maximum atomic E-state index is 13.0. The van der Waals surface area contributed by atoms with Gasteiger partial charge in [0.1, 0.15) is 0 Å². The molecule has 31 heavy (non-hydrogen) atoms. The number of para-hydroxylation sites is 2. The third-order valence-electron chi connectivity index (χ3n) is 5.19. The van der Waals surface area contributed by atoms with E-state index in [0.717, 1.165) is 22.0 Å². The van der Waals surface area contributed by atoms with Crippen molar-refractivity contribution < 1.29 is 8.42 Å². The minimum absolute atomic E-state index is 0.195. The zero-order valence-electron chi connectivity index (χ0n) is 16.6. The van der Waals surface area contributed by atoms with Gasteiger partial charge >= 0.3 is 0 Å². The Labute approximate surface area is 180 Å². The van der Waals surface area contributed by atoms with Crippen LogP contribution in [0.4, 0.5) is 0 Å². The molecule has 0 fully saturated rings. The smallest absolute Gasteiger partial charge is 0.184 e. The van der Waals surface area contributed by atoms with Crippen molar-refractivity contribution in [3.63, 3.8) is 0 Å². The summed E-state index contributed by atoms with van der Waals surface area (Å²) in [7, 11) is -3.54. The van der Waals surface area contributed by atoms with Crippen molar-refractivity contribution in [2.24, 2.45) is 0 Å². The number of pyridine rings is 1. The highest BCUT2D eigenvalue weighted by atomic mass is 32.2. The van der Waals surface area contributed by atoms with E-state index in [1.165, 1.54) is 0 Å². The fraction of sp³-hybridized carbons (Fsp3) is 0.0800. The van der Waals surface area contributed by atoms with Gasteiger partial charge in [-0.05, 0) is 48.0 Å². The van der Waals surface area contributed by atoms with Gasteiger partial charge < -0.3 is 0 Å². The first-order valence-electron chi connectivity index (χ1n) is 9.94. The molecular formula is C25H19N3O2S. The molecule has 152 valence electrons. The Hall–Kier alpha value is -3.64. The second-order valence-corrected chi connectivity index (χ2v) is 9.37. The summed E-state index contributed by atoms with van der Waals surface area (Å²) >= 11 is 0. The molecule has 0 radical (unpaired) electrons. The van der Waals surface area contributed by atoms with E-state index in [2.05, 4.69) is 11.1 Å². The first-order chi connectivity index (χ1) is 15.1. The summed E-state index contributed by atoms with van der Waals surface area (Å²) in [6, 6.07) is 26.0. The van der Waals surface area contributed by atoms with E-state index in [-0.39, 0.29) is 10.6 Å². The Morgan fingerprint density at radius 1 is 0.677 bits per heavy atom. The number of sulfone groups is 1. The van der Waals surface area contributed by atoms with Crippen molar-refractivity contribution in [2.45, 2.75) is 17.1 Å². The molecule has 0 bridgehead atoms. The summed E-state index contributed by atoms with van der Waals surface area (Å²) in [5, 5.41) is 1.03. The van der Waals surface area contributed by atoms with Gasteiger partial charge in [0.25, 0.3) is 0 Å². The van der Waals surface area contributed by atoms with Crippen LogP contribution in [0.15, 0.2) is 96.0 Å². The highest BCUT2D eigenvalue weighted by Gasteiger charge is 2.20. The lowest BCUT2D eigenvalue weighted by Crippen LogP contribution is -2.11. The Bertz CT molecular complexity index is 1500. The molecule has 5 aromatic rings. The van der Waals surface area contributed by atoms with Gasteiger partial charge in [0.15, 0.2) is 9.84 Å².